The van der Waals surface area contributed by atoms with Gasteiger partial charge in [0.25, 0.3) is 5.91 Å². The molecular weight excluding hydrogens is 462 g/mol. The van der Waals surface area contributed by atoms with Gasteiger partial charge in [-0.3, -0.25) is 9.78 Å². The minimum atomic E-state index is 0.0565. The first kappa shape index (κ1) is 27.3. The molecule has 37 heavy (non-hydrogen) atoms. The maximum absolute atomic E-state index is 13.3. The Morgan fingerprint density at radius 3 is 2.22 bits per heavy atom. The molecule has 1 aliphatic rings. The third-order valence-corrected chi connectivity index (χ3v) is 6.79. The zero-order chi connectivity index (χ0) is 26.8. The van der Waals surface area contributed by atoms with Crippen LogP contribution in [0, 0.1) is 6.92 Å². The van der Waals surface area contributed by atoms with Crippen LogP contribution in [0.3, 0.4) is 0 Å². The van der Waals surface area contributed by atoms with Gasteiger partial charge in [0, 0.05) is 37.1 Å². The van der Waals surface area contributed by atoms with Crippen molar-refractivity contribution in [2.45, 2.75) is 33.1 Å². The Balaban J connectivity index is 0.000000907. The van der Waals surface area contributed by atoms with Crippen LogP contribution in [0.4, 0.5) is 0 Å². The summed E-state index contributed by atoms with van der Waals surface area (Å²) < 4.78 is 0. The number of amides is 1. The Labute approximate surface area is 218 Å². The second-order valence-corrected chi connectivity index (χ2v) is 8.73. The molecule has 5 rings (SSSR count). The Bertz CT molecular complexity index is 1380. The quantitative estimate of drug-likeness (QED) is 0.388. The highest BCUT2D eigenvalue weighted by Gasteiger charge is 2.25. The highest BCUT2D eigenvalue weighted by Crippen LogP contribution is 2.36. The molecule has 6 heteroatoms. The maximum atomic E-state index is 13.3. The van der Waals surface area contributed by atoms with Gasteiger partial charge in [0.2, 0.25) is 0 Å². The predicted molar refractivity (Wildman–Crippen MR) is 148 cm³/mol. The molecule has 3 heterocycles. The van der Waals surface area contributed by atoms with E-state index < -0.39 is 0 Å². The standard InChI is InChI=1S/C29H29N3O.2CH2O/c1-3-21-9-5-7-11-25(21)27(24-10-6-4-8-20(24)2)22-13-16-32(17-14-22)29(33)26-19-30-18-23-12-15-31-28(23)26;2*1-2/h4-12,15,18-19,31H,3,13-14,16-17H2,1-2H3;2*1H2. The number of aryl methyl sites for hydroxylation is 2. The summed E-state index contributed by atoms with van der Waals surface area (Å²) in [6.07, 6.45) is 8.08. The van der Waals surface area contributed by atoms with E-state index >= 15 is 0 Å². The fraction of sp³-hybridized carbons (Fsp3) is 0.226. The van der Waals surface area contributed by atoms with Crippen molar-refractivity contribution in [1.29, 1.82) is 0 Å². The topological polar surface area (TPSA) is 83.1 Å². The van der Waals surface area contributed by atoms with Crippen LogP contribution >= 0.6 is 0 Å². The van der Waals surface area contributed by atoms with Gasteiger partial charge in [-0.25, -0.2) is 0 Å². The van der Waals surface area contributed by atoms with E-state index in [1.54, 1.807) is 12.4 Å². The number of H-pyrrole nitrogens is 1. The zero-order valence-electron chi connectivity index (χ0n) is 21.5. The van der Waals surface area contributed by atoms with E-state index in [4.69, 9.17) is 9.59 Å². The van der Waals surface area contributed by atoms with Crippen molar-refractivity contribution in [1.82, 2.24) is 14.9 Å². The second kappa shape index (κ2) is 13.1. The van der Waals surface area contributed by atoms with Crippen LogP contribution in [0.25, 0.3) is 16.5 Å². The van der Waals surface area contributed by atoms with Gasteiger partial charge in [-0.15, -0.1) is 0 Å². The number of hydrogen-bond acceptors (Lipinski definition) is 4. The van der Waals surface area contributed by atoms with Crippen molar-refractivity contribution in [3.8, 4) is 0 Å². The lowest BCUT2D eigenvalue weighted by molar-refractivity contribution is -0.0987. The summed E-state index contributed by atoms with van der Waals surface area (Å²) in [6.45, 7) is 9.84. The Hall–Kier alpha value is -4.32. The minimum Gasteiger partial charge on any atom is -0.360 e. The van der Waals surface area contributed by atoms with E-state index in [9.17, 15) is 4.79 Å². The Morgan fingerprint density at radius 1 is 0.892 bits per heavy atom. The van der Waals surface area contributed by atoms with Crippen molar-refractivity contribution in [2.24, 2.45) is 0 Å². The lowest BCUT2D eigenvalue weighted by atomic mass is 9.84. The van der Waals surface area contributed by atoms with Gasteiger partial charge in [-0.1, -0.05) is 61.0 Å². The van der Waals surface area contributed by atoms with Gasteiger partial charge < -0.3 is 19.5 Å². The molecule has 1 saturated heterocycles. The van der Waals surface area contributed by atoms with E-state index in [0.717, 1.165) is 43.3 Å². The van der Waals surface area contributed by atoms with Crippen LogP contribution in [-0.4, -0.2) is 47.4 Å². The zero-order valence-corrected chi connectivity index (χ0v) is 21.5. The smallest absolute Gasteiger partial charge is 0.257 e. The summed E-state index contributed by atoms with van der Waals surface area (Å²) in [7, 11) is 0. The monoisotopic (exact) mass is 495 g/mol. The number of carbonyl (C=O) groups is 3. The van der Waals surface area contributed by atoms with Crippen LogP contribution in [-0.2, 0) is 16.0 Å². The van der Waals surface area contributed by atoms with E-state index in [1.807, 2.05) is 30.7 Å². The summed E-state index contributed by atoms with van der Waals surface area (Å²) in [5.74, 6) is 0.0565. The number of nitrogens with zero attached hydrogens (tertiary/aromatic N) is 2. The summed E-state index contributed by atoms with van der Waals surface area (Å²) in [5, 5.41) is 0.969. The molecule has 0 spiro atoms. The number of hydrogen-bond donors (Lipinski definition) is 1. The van der Waals surface area contributed by atoms with Crippen molar-refractivity contribution in [3.05, 3.63) is 107 Å². The molecule has 2 aromatic carbocycles. The summed E-state index contributed by atoms with van der Waals surface area (Å²) in [5.41, 5.74) is 9.59. The largest absolute Gasteiger partial charge is 0.360 e. The van der Waals surface area contributed by atoms with Crippen molar-refractivity contribution in [2.75, 3.05) is 13.1 Å². The number of aromatic amines is 1. The van der Waals surface area contributed by atoms with E-state index in [-0.39, 0.29) is 5.91 Å². The first-order valence-electron chi connectivity index (χ1n) is 12.3. The lowest BCUT2D eigenvalue weighted by Gasteiger charge is -2.31. The number of aromatic nitrogens is 2. The minimum absolute atomic E-state index is 0.0565. The van der Waals surface area contributed by atoms with Crippen LogP contribution in [0.2, 0.25) is 0 Å². The van der Waals surface area contributed by atoms with Crippen LogP contribution < -0.4 is 0 Å². The van der Waals surface area contributed by atoms with E-state index in [0.29, 0.717) is 5.56 Å². The molecule has 0 atom stereocenters. The number of nitrogens with one attached hydrogen (secondary N) is 1. The lowest BCUT2D eigenvalue weighted by Crippen LogP contribution is -2.36. The Kier molecular flexibility index (Phi) is 9.67. The molecule has 6 nitrogen and oxygen atoms in total. The van der Waals surface area contributed by atoms with Crippen molar-refractivity contribution >= 4 is 36.0 Å². The van der Waals surface area contributed by atoms with Gasteiger partial charge in [-0.05, 0) is 60.1 Å². The molecule has 2 aromatic heterocycles. The average molecular weight is 496 g/mol. The van der Waals surface area contributed by atoms with E-state index in [2.05, 4.69) is 72.3 Å². The van der Waals surface area contributed by atoms with E-state index in [1.165, 1.54) is 33.4 Å². The predicted octanol–water partition coefficient (Wildman–Crippen LogP) is 5.80. The number of pyridine rings is 1. The molecule has 1 amide bonds. The third kappa shape index (κ3) is 5.75. The first-order chi connectivity index (χ1) is 18.2. The molecule has 0 bridgehead atoms. The fourth-order valence-electron chi connectivity index (χ4n) is 4.99. The van der Waals surface area contributed by atoms with Crippen LogP contribution in [0.5, 0.6) is 0 Å². The number of piperidine rings is 1. The van der Waals surface area contributed by atoms with Gasteiger partial charge in [0.15, 0.2) is 0 Å². The highest BCUT2D eigenvalue weighted by atomic mass is 16.2. The maximum Gasteiger partial charge on any atom is 0.257 e. The molecular formula is C31H33N3O3. The third-order valence-electron chi connectivity index (χ3n) is 6.79. The van der Waals surface area contributed by atoms with Gasteiger partial charge in [0.1, 0.15) is 13.6 Å². The number of carbonyl (C=O) groups excluding carboxylic acids is 3. The normalized spacial score (nSPS) is 12.7. The Morgan fingerprint density at radius 2 is 1.54 bits per heavy atom. The molecule has 0 unspecified atom stereocenters. The first-order valence-corrected chi connectivity index (χ1v) is 12.3. The summed E-state index contributed by atoms with van der Waals surface area (Å²) >= 11 is 0. The van der Waals surface area contributed by atoms with Crippen molar-refractivity contribution in [3.63, 3.8) is 0 Å². The SMILES string of the molecule is C=O.C=O.CCc1ccccc1C(=C1CCN(C(=O)c2cncc3cc[nH]c23)CC1)c1ccccc1C. The number of likely N-dealkylation sites (tertiary alicyclic amines) is 1. The fourth-order valence-corrected chi connectivity index (χ4v) is 4.99. The summed E-state index contributed by atoms with van der Waals surface area (Å²) in [6, 6.07) is 19.3. The van der Waals surface area contributed by atoms with Gasteiger partial charge in [-0.2, -0.15) is 0 Å². The number of fused-ring (bicyclic) bond motifs is 1. The average Bonchev–Trinajstić information content (AvgIpc) is 3.46. The van der Waals surface area contributed by atoms with Crippen molar-refractivity contribution < 1.29 is 14.4 Å². The molecule has 1 fully saturated rings. The van der Waals surface area contributed by atoms with Crippen LogP contribution in [0.15, 0.2) is 78.8 Å². The van der Waals surface area contributed by atoms with Gasteiger partial charge in [0.05, 0.1) is 11.1 Å². The highest BCUT2D eigenvalue weighted by molar-refractivity contribution is 6.05. The second-order valence-electron chi connectivity index (χ2n) is 8.73. The molecule has 0 radical (unpaired) electrons. The molecule has 1 aliphatic heterocycles. The van der Waals surface area contributed by atoms with Crippen LogP contribution in [0.1, 0.15) is 52.4 Å². The molecule has 1 N–H and O–H groups in total. The number of benzene rings is 2. The van der Waals surface area contributed by atoms with Gasteiger partial charge >= 0.3 is 0 Å². The molecule has 0 saturated carbocycles. The molecule has 4 aromatic rings. The molecule has 190 valence electrons. The summed E-state index contributed by atoms with van der Waals surface area (Å²) in [4.78, 5) is 38.8. The molecule has 0 aliphatic carbocycles. The number of rotatable bonds is 4.